The van der Waals surface area contributed by atoms with E-state index in [0.29, 0.717) is 12.7 Å². The van der Waals surface area contributed by atoms with E-state index in [-0.39, 0.29) is 0 Å². The summed E-state index contributed by atoms with van der Waals surface area (Å²) in [6.45, 7) is 23.8. The molecule has 126 valence electrons. The Morgan fingerprint density at radius 2 is 1.05 bits per heavy atom. The number of rotatable bonds is 10. The van der Waals surface area contributed by atoms with Crippen molar-refractivity contribution in [2.24, 2.45) is 0 Å². The van der Waals surface area contributed by atoms with E-state index in [1.165, 1.54) is 6.26 Å². The highest BCUT2D eigenvalue weighted by Gasteiger charge is 2.49. The van der Waals surface area contributed by atoms with Crippen LogP contribution in [0.5, 0.6) is 0 Å². The third-order valence-corrected chi connectivity index (χ3v) is 13.9. The Balaban J connectivity index is 5.40. The van der Waals surface area contributed by atoms with Crippen molar-refractivity contribution in [2.75, 3.05) is 6.61 Å². The Hall–Kier alpha value is 0.288. The summed E-state index contributed by atoms with van der Waals surface area (Å²) in [7, 11) is -8.06. The Bertz CT molecular complexity index is 288. The van der Waals surface area contributed by atoms with Gasteiger partial charge in [0.15, 0.2) is 25.0 Å². The van der Waals surface area contributed by atoms with Gasteiger partial charge < -0.3 is 17.1 Å². The van der Waals surface area contributed by atoms with Crippen molar-refractivity contribution in [1.82, 2.24) is 0 Å². The lowest BCUT2D eigenvalue weighted by Gasteiger charge is -2.42. The van der Waals surface area contributed by atoms with Gasteiger partial charge in [0.25, 0.3) is 0 Å². The molecule has 0 aromatic heterocycles. The van der Waals surface area contributed by atoms with E-state index in [1.807, 2.05) is 0 Å². The third kappa shape index (κ3) is 11.5. The molecule has 21 heavy (non-hydrogen) atoms. The maximum Gasteiger partial charge on any atom is 0.473 e. The van der Waals surface area contributed by atoms with Crippen LogP contribution in [0.25, 0.3) is 0 Å². The molecule has 0 unspecified atom stereocenters. The molecule has 0 aliphatic heterocycles. The molecule has 0 radical (unpaired) electrons. The Morgan fingerprint density at radius 3 is 1.29 bits per heavy atom. The molecule has 0 rings (SSSR count). The highest BCUT2D eigenvalue weighted by molar-refractivity contribution is 6.90. The molecule has 8 heteroatoms. The number of hydrogen-bond acceptors (Lipinski definition) is 4. The molecule has 0 atom stereocenters. The van der Waals surface area contributed by atoms with Crippen molar-refractivity contribution >= 4 is 33.8 Å². The summed E-state index contributed by atoms with van der Waals surface area (Å²) in [5.41, 5.74) is 0. The summed E-state index contributed by atoms with van der Waals surface area (Å²) < 4.78 is 24.9. The van der Waals surface area contributed by atoms with Crippen LogP contribution in [0, 0.1) is 0 Å². The molecule has 0 aliphatic carbocycles. The molecule has 0 saturated carbocycles. The highest BCUT2D eigenvalue weighted by Crippen LogP contribution is 2.28. The fourth-order valence-electron chi connectivity index (χ4n) is 1.88. The average molecular weight is 367 g/mol. The van der Waals surface area contributed by atoms with Crippen LogP contribution in [-0.2, 0) is 17.1 Å². The zero-order valence-corrected chi connectivity index (χ0v) is 19.3. The van der Waals surface area contributed by atoms with Gasteiger partial charge in [0, 0.05) is 6.04 Å². The summed E-state index contributed by atoms with van der Waals surface area (Å²) in [6, 6.07) is 0.692. The van der Waals surface area contributed by atoms with Crippen molar-refractivity contribution < 1.29 is 17.1 Å². The predicted molar refractivity (Wildman–Crippen MR) is 100 cm³/mol. The van der Waals surface area contributed by atoms with E-state index in [1.54, 1.807) is 0 Å². The standard InChI is InChI=1S/C13H34O4Si4/c1-11-14-12-13-21(15-18(2,3)4,16-19(5,6)7)17-20(8,9)10/h11H,1,12-13H2,2-10H3. The second-order valence-corrected chi connectivity index (χ2v) is 25.1. The van der Waals surface area contributed by atoms with Crippen LogP contribution in [0.3, 0.4) is 0 Å². The van der Waals surface area contributed by atoms with E-state index in [2.05, 4.69) is 65.5 Å². The fraction of sp³-hybridized carbons (Fsp3) is 0.846. The lowest BCUT2D eigenvalue weighted by atomic mass is 10.8. The van der Waals surface area contributed by atoms with Crippen molar-refractivity contribution in [1.29, 1.82) is 0 Å². The highest BCUT2D eigenvalue weighted by atomic mass is 28.5. The van der Waals surface area contributed by atoms with E-state index in [9.17, 15) is 0 Å². The van der Waals surface area contributed by atoms with Crippen LogP contribution in [-0.4, -0.2) is 40.4 Å². The van der Waals surface area contributed by atoms with Gasteiger partial charge in [-0.1, -0.05) is 6.58 Å². The molecule has 0 amide bonds. The molecule has 0 heterocycles. The smallest absolute Gasteiger partial charge is 0.473 e. The van der Waals surface area contributed by atoms with Gasteiger partial charge >= 0.3 is 8.80 Å². The van der Waals surface area contributed by atoms with Crippen LogP contribution >= 0.6 is 0 Å². The molecule has 0 fully saturated rings. The van der Waals surface area contributed by atoms with E-state index >= 15 is 0 Å². The van der Waals surface area contributed by atoms with Crippen molar-refractivity contribution in [3.8, 4) is 0 Å². The topological polar surface area (TPSA) is 36.9 Å². The van der Waals surface area contributed by atoms with Crippen LogP contribution in [0.2, 0.25) is 65.0 Å². The molecular formula is C13H34O4Si4. The van der Waals surface area contributed by atoms with Crippen molar-refractivity contribution in [3.63, 3.8) is 0 Å². The summed E-state index contributed by atoms with van der Waals surface area (Å²) >= 11 is 0. The van der Waals surface area contributed by atoms with Crippen molar-refractivity contribution in [2.45, 2.75) is 65.0 Å². The fourth-order valence-corrected chi connectivity index (χ4v) is 16.3. The molecule has 0 aliphatic rings. The average Bonchev–Trinajstić information content (AvgIpc) is 2.08. The second kappa shape index (κ2) is 7.71. The zero-order chi connectivity index (χ0) is 16.9. The second-order valence-electron chi connectivity index (χ2n) is 8.11. The van der Waals surface area contributed by atoms with Crippen molar-refractivity contribution in [3.05, 3.63) is 12.8 Å². The SMILES string of the molecule is C=COCC[Si](O[Si](C)(C)C)(O[Si](C)(C)C)O[Si](C)(C)C. The van der Waals surface area contributed by atoms with Gasteiger partial charge in [-0.2, -0.15) is 0 Å². The van der Waals surface area contributed by atoms with Crippen LogP contribution < -0.4 is 0 Å². The van der Waals surface area contributed by atoms with Gasteiger partial charge in [-0.25, -0.2) is 0 Å². The summed E-state index contributed by atoms with van der Waals surface area (Å²) in [6.07, 6.45) is 1.47. The minimum atomic E-state index is -2.73. The maximum atomic E-state index is 6.51. The Morgan fingerprint density at radius 1 is 0.714 bits per heavy atom. The van der Waals surface area contributed by atoms with Gasteiger partial charge in [-0.15, -0.1) is 0 Å². The quantitative estimate of drug-likeness (QED) is 0.320. The van der Waals surface area contributed by atoms with E-state index in [4.69, 9.17) is 17.1 Å². The van der Waals surface area contributed by atoms with E-state index < -0.39 is 33.8 Å². The first-order valence-electron chi connectivity index (χ1n) is 7.51. The van der Waals surface area contributed by atoms with Crippen LogP contribution in [0.1, 0.15) is 0 Å². The molecule has 0 aromatic rings. The molecule has 0 N–H and O–H groups in total. The normalized spacial score (nSPS) is 14.1. The first-order chi connectivity index (χ1) is 9.18. The largest absolute Gasteiger partial charge is 0.502 e. The number of hydrogen-bond donors (Lipinski definition) is 0. The molecule has 0 bridgehead atoms. The molecule has 0 spiro atoms. The molecule has 0 saturated heterocycles. The summed E-state index contributed by atoms with van der Waals surface area (Å²) in [4.78, 5) is 0. The maximum absolute atomic E-state index is 6.51. The third-order valence-electron chi connectivity index (χ3n) is 2.03. The van der Waals surface area contributed by atoms with Gasteiger partial charge in [-0.05, 0) is 58.9 Å². The molecule has 4 nitrogen and oxygen atoms in total. The monoisotopic (exact) mass is 366 g/mol. The lowest BCUT2D eigenvalue weighted by Crippen LogP contribution is -2.60. The van der Waals surface area contributed by atoms with Gasteiger partial charge in [0.05, 0.1) is 12.9 Å². The van der Waals surface area contributed by atoms with Gasteiger partial charge in [-0.3, -0.25) is 0 Å². The number of ether oxygens (including phenoxy) is 1. The minimum Gasteiger partial charge on any atom is -0.502 e. The van der Waals surface area contributed by atoms with Crippen LogP contribution in [0.15, 0.2) is 12.8 Å². The minimum absolute atomic E-state index is 0.537. The zero-order valence-electron chi connectivity index (χ0n) is 15.3. The van der Waals surface area contributed by atoms with Crippen LogP contribution in [0.4, 0.5) is 0 Å². The van der Waals surface area contributed by atoms with E-state index in [0.717, 1.165) is 0 Å². The summed E-state index contributed by atoms with van der Waals surface area (Å²) in [5, 5.41) is 0. The van der Waals surface area contributed by atoms with Gasteiger partial charge in [0.1, 0.15) is 0 Å². The van der Waals surface area contributed by atoms with Gasteiger partial charge in [0.2, 0.25) is 0 Å². The first-order valence-corrected chi connectivity index (χ1v) is 19.7. The Labute approximate surface area is 135 Å². The first kappa shape index (κ1) is 21.3. The molecular weight excluding hydrogens is 332 g/mol. The molecule has 0 aromatic carbocycles. The summed E-state index contributed by atoms with van der Waals surface area (Å²) in [5.74, 6) is 0. The lowest BCUT2D eigenvalue weighted by molar-refractivity contribution is 0.213. The predicted octanol–water partition coefficient (Wildman–Crippen LogP) is 4.64. The Kier molecular flexibility index (Phi) is 7.82.